The van der Waals surface area contributed by atoms with Crippen molar-refractivity contribution in [2.75, 3.05) is 0 Å². The van der Waals surface area contributed by atoms with Crippen molar-refractivity contribution in [3.8, 4) is 0 Å². The SMILES string of the molecule is Cl.NC1(c2nc(CC3CC3)no2)CCCC1. The lowest BCUT2D eigenvalue weighted by atomic mass is 9.99. The quantitative estimate of drug-likeness (QED) is 0.884. The van der Waals surface area contributed by atoms with Crippen LogP contribution in [0.5, 0.6) is 0 Å². The van der Waals surface area contributed by atoms with Gasteiger partial charge in [-0.15, -0.1) is 12.4 Å². The Morgan fingerprint density at radius 3 is 2.62 bits per heavy atom. The maximum absolute atomic E-state index is 6.24. The lowest BCUT2D eigenvalue weighted by Crippen LogP contribution is -2.33. The van der Waals surface area contributed by atoms with Gasteiger partial charge < -0.3 is 10.3 Å². The van der Waals surface area contributed by atoms with Crippen LogP contribution in [0.3, 0.4) is 0 Å². The highest BCUT2D eigenvalue weighted by atomic mass is 35.5. The first-order valence-corrected chi connectivity index (χ1v) is 5.88. The fourth-order valence-electron chi connectivity index (χ4n) is 2.34. The molecule has 16 heavy (non-hydrogen) atoms. The van der Waals surface area contributed by atoms with Crippen LogP contribution in [0.15, 0.2) is 4.52 Å². The van der Waals surface area contributed by atoms with Gasteiger partial charge in [-0.2, -0.15) is 4.98 Å². The number of rotatable bonds is 3. The Labute approximate surface area is 101 Å². The van der Waals surface area contributed by atoms with Gasteiger partial charge in [0.2, 0.25) is 5.89 Å². The first-order valence-electron chi connectivity index (χ1n) is 5.88. The van der Waals surface area contributed by atoms with Crippen LogP contribution >= 0.6 is 12.4 Å². The molecule has 0 unspecified atom stereocenters. The predicted octanol–water partition coefficient (Wildman–Crippen LogP) is 2.17. The van der Waals surface area contributed by atoms with Crippen LogP contribution in [-0.2, 0) is 12.0 Å². The second kappa shape index (κ2) is 4.34. The van der Waals surface area contributed by atoms with Gasteiger partial charge in [0, 0.05) is 6.42 Å². The largest absolute Gasteiger partial charge is 0.337 e. The average Bonchev–Trinajstić information content (AvgIpc) is 2.73. The summed E-state index contributed by atoms with van der Waals surface area (Å²) in [5.74, 6) is 2.31. The molecule has 1 heterocycles. The lowest BCUT2D eigenvalue weighted by molar-refractivity contribution is 0.283. The highest BCUT2D eigenvalue weighted by Crippen LogP contribution is 2.36. The Hall–Kier alpha value is -0.610. The summed E-state index contributed by atoms with van der Waals surface area (Å²) in [7, 11) is 0. The fourth-order valence-corrected chi connectivity index (χ4v) is 2.34. The minimum atomic E-state index is -0.325. The first-order chi connectivity index (χ1) is 7.26. The lowest BCUT2D eigenvalue weighted by Gasteiger charge is -2.17. The summed E-state index contributed by atoms with van der Waals surface area (Å²) in [5, 5.41) is 4.02. The summed E-state index contributed by atoms with van der Waals surface area (Å²) in [6.07, 6.45) is 7.93. The normalized spacial score (nSPS) is 23.1. The maximum Gasteiger partial charge on any atom is 0.246 e. The summed E-state index contributed by atoms with van der Waals surface area (Å²) in [6, 6.07) is 0. The summed E-state index contributed by atoms with van der Waals surface area (Å²) in [4.78, 5) is 4.44. The van der Waals surface area contributed by atoms with Crippen molar-refractivity contribution in [3.63, 3.8) is 0 Å². The number of hydrogen-bond donors (Lipinski definition) is 1. The molecule has 4 nitrogen and oxygen atoms in total. The van der Waals surface area contributed by atoms with Crippen LogP contribution in [0.25, 0.3) is 0 Å². The van der Waals surface area contributed by atoms with Crippen molar-refractivity contribution in [3.05, 3.63) is 11.7 Å². The molecular formula is C11H18ClN3O. The van der Waals surface area contributed by atoms with Crippen LogP contribution in [0, 0.1) is 5.92 Å². The summed E-state index contributed by atoms with van der Waals surface area (Å²) in [6.45, 7) is 0. The summed E-state index contributed by atoms with van der Waals surface area (Å²) in [5.41, 5.74) is 5.92. The Morgan fingerprint density at radius 2 is 2.00 bits per heavy atom. The van der Waals surface area contributed by atoms with Gasteiger partial charge in [-0.3, -0.25) is 0 Å². The van der Waals surface area contributed by atoms with E-state index in [0.717, 1.165) is 31.0 Å². The third-order valence-corrected chi connectivity index (χ3v) is 3.56. The second-order valence-corrected chi connectivity index (χ2v) is 5.03. The zero-order chi connectivity index (χ0) is 10.3. The standard InChI is InChI=1S/C11H17N3O.ClH/c12-11(5-1-2-6-11)10-13-9(14-15-10)7-8-3-4-8;/h8H,1-7,12H2;1H. The average molecular weight is 244 g/mol. The molecule has 0 spiro atoms. The number of aromatic nitrogens is 2. The van der Waals surface area contributed by atoms with E-state index < -0.39 is 0 Å². The summed E-state index contributed by atoms with van der Waals surface area (Å²) < 4.78 is 5.29. The minimum absolute atomic E-state index is 0. The monoisotopic (exact) mass is 243 g/mol. The van der Waals surface area contributed by atoms with E-state index in [2.05, 4.69) is 10.1 Å². The summed E-state index contributed by atoms with van der Waals surface area (Å²) >= 11 is 0. The Bertz CT molecular complexity index is 356. The second-order valence-electron chi connectivity index (χ2n) is 5.03. The van der Waals surface area contributed by atoms with Gasteiger partial charge in [0.1, 0.15) is 0 Å². The molecule has 0 aliphatic heterocycles. The van der Waals surface area contributed by atoms with Crippen molar-refractivity contribution in [2.24, 2.45) is 11.7 Å². The molecule has 1 aromatic heterocycles. The topological polar surface area (TPSA) is 64.9 Å². The zero-order valence-corrected chi connectivity index (χ0v) is 10.1. The molecular weight excluding hydrogens is 226 g/mol. The van der Waals surface area contributed by atoms with Gasteiger partial charge in [0.25, 0.3) is 0 Å². The molecule has 0 atom stereocenters. The molecule has 2 fully saturated rings. The van der Waals surface area contributed by atoms with E-state index in [-0.39, 0.29) is 17.9 Å². The van der Waals surface area contributed by atoms with Crippen LogP contribution in [0.2, 0.25) is 0 Å². The van der Waals surface area contributed by atoms with E-state index in [9.17, 15) is 0 Å². The molecule has 0 amide bonds. The van der Waals surface area contributed by atoms with Crippen LogP contribution < -0.4 is 5.73 Å². The van der Waals surface area contributed by atoms with Crippen LogP contribution in [-0.4, -0.2) is 10.1 Å². The maximum atomic E-state index is 6.24. The number of halogens is 1. The van der Waals surface area contributed by atoms with Crippen molar-refractivity contribution < 1.29 is 4.52 Å². The van der Waals surface area contributed by atoms with Crippen molar-refractivity contribution in [2.45, 2.75) is 50.5 Å². The van der Waals surface area contributed by atoms with E-state index in [1.165, 1.54) is 25.7 Å². The molecule has 0 bridgehead atoms. The fraction of sp³-hybridized carbons (Fsp3) is 0.818. The highest BCUT2D eigenvalue weighted by molar-refractivity contribution is 5.85. The minimum Gasteiger partial charge on any atom is -0.337 e. The molecule has 0 radical (unpaired) electrons. The highest BCUT2D eigenvalue weighted by Gasteiger charge is 2.37. The number of nitrogens with two attached hydrogens (primary N) is 1. The Balaban J connectivity index is 0.000000963. The van der Waals surface area contributed by atoms with E-state index in [0.29, 0.717) is 5.89 Å². The molecule has 5 heteroatoms. The van der Waals surface area contributed by atoms with E-state index >= 15 is 0 Å². The first kappa shape index (κ1) is 11.9. The Kier molecular flexibility index (Phi) is 3.22. The molecule has 2 saturated carbocycles. The molecule has 2 N–H and O–H groups in total. The third kappa shape index (κ3) is 2.23. The van der Waals surface area contributed by atoms with Gasteiger partial charge in [-0.25, -0.2) is 0 Å². The molecule has 1 aromatic rings. The zero-order valence-electron chi connectivity index (χ0n) is 9.32. The van der Waals surface area contributed by atoms with Crippen LogP contribution in [0.4, 0.5) is 0 Å². The Morgan fingerprint density at radius 1 is 1.31 bits per heavy atom. The van der Waals surface area contributed by atoms with Gasteiger partial charge in [-0.05, 0) is 31.6 Å². The molecule has 3 rings (SSSR count). The van der Waals surface area contributed by atoms with Crippen molar-refractivity contribution in [1.82, 2.24) is 10.1 Å². The molecule has 2 aliphatic carbocycles. The predicted molar refractivity (Wildman–Crippen MR) is 62.3 cm³/mol. The molecule has 90 valence electrons. The van der Waals surface area contributed by atoms with Crippen LogP contribution in [0.1, 0.15) is 50.2 Å². The molecule has 0 saturated heterocycles. The van der Waals surface area contributed by atoms with E-state index in [4.69, 9.17) is 10.3 Å². The molecule has 0 aromatic carbocycles. The van der Waals surface area contributed by atoms with Gasteiger partial charge in [0.05, 0.1) is 5.54 Å². The van der Waals surface area contributed by atoms with Gasteiger partial charge in [-0.1, -0.05) is 18.0 Å². The smallest absolute Gasteiger partial charge is 0.246 e. The van der Waals surface area contributed by atoms with Gasteiger partial charge in [0.15, 0.2) is 5.82 Å². The molecule has 2 aliphatic rings. The number of hydrogen-bond acceptors (Lipinski definition) is 4. The number of nitrogens with zero attached hydrogens (tertiary/aromatic N) is 2. The van der Waals surface area contributed by atoms with E-state index in [1.54, 1.807) is 0 Å². The van der Waals surface area contributed by atoms with Crippen molar-refractivity contribution in [1.29, 1.82) is 0 Å². The van der Waals surface area contributed by atoms with Gasteiger partial charge >= 0.3 is 0 Å². The van der Waals surface area contributed by atoms with Crippen molar-refractivity contribution >= 4 is 12.4 Å². The van der Waals surface area contributed by atoms with E-state index in [1.807, 2.05) is 0 Å². The third-order valence-electron chi connectivity index (χ3n) is 3.56.